The van der Waals surface area contributed by atoms with Crippen molar-refractivity contribution in [2.45, 2.75) is 12.6 Å². The lowest BCUT2D eigenvalue weighted by Gasteiger charge is -2.13. The maximum atomic E-state index is 11.8. The molecule has 0 fully saturated rings. The summed E-state index contributed by atoms with van der Waals surface area (Å²) in [6.45, 7) is 8.51. The maximum Gasteiger partial charge on any atom is 0.407 e. The topological polar surface area (TPSA) is 103 Å². The number of ether oxygens (including phenoxy) is 2. The highest BCUT2D eigenvalue weighted by Crippen LogP contribution is 2.00. The second-order valence-electron chi connectivity index (χ2n) is 5.59. The van der Waals surface area contributed by atoms with Crippen LogP contribution in [0.1, 0.15) is 5.56 Å². The Kier molecular flexibility index (Phi) is 10.9. The van der Waals surface area contributed by atoms with Crippen molar-refractivity contribution in [2.75, 3.05) is 26.2 Å². The first-order chi connectivity index (χ1) is 13.1. The van der Waals surface area contributed by atoms with Gasteiger partial charge in [-0.3, -0.25) is 4.79 Å². The molecule has 1 aromatic rings. The Balaban J connectivity index is 2.11. The Morgan fingerprint density at radius 3 is 2.56 bits per heavy atom. The number of benzene rings is 1. The third kappa shape index (κ3) is 9.98. The van der Waals surface area contributed by atoms with E-state index < -0.39 is 18.1 Å². The van der Waals surface area contributed by atoms with Crippen molar-refractivity contribution in [3.05, 3.63) is 72.9 Å². The lowest BCUT2D eigenvalue weighted by Crippen LogP contribution is -2.43. The van der Waals surface area contributed by atoms with Gasteiger partial charge < -0.3 is 25.8 Å². The van der Waals surface area contributed by atoms with Crippen LogP contribution >= 0.6 is 0 Å². The van der Waals surface area contributed by atoms with Crippen LogP contribution in [0.2, 0.25) is 0 Å². The number of hydrogen-bond acceptors (Lipinski definition) is 6. The largest absolute Gasteiger partial charge is 0.460 e. The van der Waals surface area contributed by atoms with E-state index in [9.17, 15) is 9.59 Å². The van der Waals surface area contributed by atoms with E-state index in [1.807, 2.05) is 30.3 Å². The molecule has 0 saturated heterocycles. The van der Waals surface area contributed by atoms with Gasteiger partial charge >= 0.3 is 12.1 Å². The quantitative estimate of drug-likeness (QED) is 0.293. The summed E-state index contributed by atoms with van der Waals surface area (Å²) in [6, 6.07) is 8.60. The van der Waals surface area contributed by atoms with Gasteiger partial charge in [0.2, 0.25) is 0 Å². The van der Waals surface area contributed by atoms with Crippen molar-refractivity contribution in [1.29, 1.82) is 0 Å². The van der Waals surface area contributed by atoms with Gasteiger partial charge in [-0.1, -0.05) is 61.7 Å². The highest BCUT2D eigenvalue weighted by Gasteiger charge is 2.14. The number of rotatable bonds is 12. The molecule has 4 N–H and O–H groups in total. The Morgan fingerprint density at radius 1 is 1.15 bits per heavy atom. The molecular formula is C20H27N3O4. The van der Waals surface area contributed by atoms with Crippen molar-refractivity contribution in [3.63, 3.8) is 0 Å². The predicted octanol–water partition coefficient (Wildman–Crippen LogP) is 1.67. The molecule has 0 heterocycles. The molecule has 0 bridgehead atoms. The van der Waals surface area contributed by atoms with Crippen LogP contribution in [0.3, 0.4) is 0 Å². The molecule has 146 valence electrons. The summed E-state index contributed by atoms with van der Waals surface area (Å²) in [6.07, 6.45) is 4.37. The number of nitrogens with one attached hydrogen (secondary N) is 2. The Hall–Kier alpha value is -2.90. The second kappa shape index (κ2) is 13.3. The number of alkyl carbamates (subject to hydrolysis) is 1. The van der Waals surface area contributed by atoms with Gasteiger partial charge in [0.25, 0.3) is 0 Å². The summed E-state index contributed by atoms with van der Waals surface area (Å²) >= 11 is 0. The monoisotopic (exact) mass is 373 g/mol. The summed E-state index contributed by atoms with van der Waals surface area (Å²) in [5, 5.41) is 5.58. The number of amides is 1. The van der Waals surface area contributed by atoms with Crippen LogP contribution in [0.4, 0.5) is 4.79 Å². The van der Waals surface area contributed by atoms with E-state index in [0.29, 0.717) is 13.1 Å². The van der Waals surface area contributed by atoms with Crippen LogP contribution < -0.4 is 16.4 Å². The number of nitrogens with two attached hydrogens (primary N) is 1. The van der Waals surface area contributed by atoms with Gasteiger partial charge in [0, 0.05) is 19.6 Å². The zero-order valence-corrected chi connectivity index (χ0v) is 15.4. The summed E-state index contributed by atoms with van der Waals surface area (Å²) in [7, 11) is 0. The average Bonchev–Trinajstić information content (AvgIpc) is 2.69. The van der Waals surface area contributed by atoms with E-state index in [4.69, 9.17) is 15.2 Å². The van der Waals surface area contributed by atoms with E-state index in [2.05, 4.69) is 23.8 Å². The maximum absolute atomic E-state index is 11.8. The molecule has 0 aliphatic heterocycles. The highest BCUT2D eigenvalue weighted by molar-refractivity contribution is 5.76. The Bertz CT molecular complexity index is 644. The molecule has 1 rings (SSSR count). The first-order valence-electron chi connectivity index (χ1n) is 8.58. The molecule has 7 heteroatoms. The Morgan fingerprint density at radius 2 is 1.89 bits per heavy atom. The van der Waals surface area contributed by atoms with Crippen LogP contribution in [0.5, 0.6) is 0 Å². The smallest absolute Gasteiger partial charge is 0.407 e. The van der Waals surface area contributed by atoms with Gasteiger partial charge in [-0.15, -0.1) is 0 Å². The van der Waals surface area contributed by atoms with Crippen molar-refractivity contribution < 1.29 is 19.1 Å². The van der Waals surface area contributed by atoms with Crippen LogP contribution in [-0.2, 0) is 20.9 Å². The molecule has 27 heavy (non-hydrogen) atoms. The van der Waals surface area contributed by atoms with E-state index in [0.717, 1.165) is 11.1 Å². The molecule has 1 amide bonds. The molecule has 0 radical (unpaired) electrons. The van der Waals surface area contributed by atoms with Gasteiger partial charge in [-0.2, -0.15) is 0 Å². The number of carbonyl (C=O) groups is 2. The van der Waals surface area contributed by atoms with Crippen LogP contribution in [0, 0.1) is 0 Å². The number of esters is 1. The summed E-state index contributed by atoms with van der Waals surface area (Å²) in [5.74, 6) is -0.519. The summed E-state index contributed by atoms with van der Waals surface area (Å²) < 4.78 is 10.2. The predicted molar refractivity (Wildman–Crippen MR) is 105 cm³/mol. The van der Waals surface area contributed by atoms with E-state index in [-0.39, 0.29) is 19.8 Å². The van der Waals surface area contributed by atoms with Gasteiger partial charge in [0.15, 0.2) is 0 Å². The van der Waals surface area contributed by atoms with Gasteiger partial charge in [-0.25, -0.2) is 4.79 Å². The lowest BCUT2D eigenvalue weighted by atomic mass is 10.2. The summed E-state index contributed by atoms with van der Waals surface area (Å²) in [4.78, 5) is 23.4. The van der Waals surface area contributed by atoms with Crippen molar-refractivity contribution in [1.82, 2.24) is 10.6 Å². The van der Waals surface area contributed by atoms with E-state index >= 15 is 0 Å². The zero-order chi connectivity index (χ0) is 19.9. The minimum absolute atomic E-state index is 0.0941. The van der Waals surface area contributed by atoms with Gasteiger partial charge in [0.1, 0.15) is 19.3 Å². The minimum Gasteiger partial charge on any atom is -0.460 e. The van der Waals surface area contributed by atoms with E-state index in [1.54, 1.807) is 18.2 Å². The van der Waals surface area contributed by atoms with Crippen LogP contribution in [0.15, 0.2) is 67.3 Å². The van der Waals surface area contributed by atoms with Crippen molar-refractivity contribution >= 4 is 12.1 Å². The fraction of sp³-hybridized carbons (Fsp3) is 0.300. The lowest BCUT2D eigenvalue weighted by molar-refractivity contribution is -0.144. The minimum atomic E-state index is -0.801. The molecule has 1 aromatic carbocycles. The molecule has 1 atom stereocenters. The van der Waals surface area contributed by atoms with Gasteiger partial charge in [0.05, 0.1) is 0 Å². The standard InChI is InChI=1S/C20H27N3O4/c1-3-8-16(4-2)14-26-19(24)18(21)13-22-11-12-23-20(25)27-15-17-9-6-5-7-10-17/h3-10,18,22H,1-2,11-15,21H2,(H,23,25)/b16-8+/t18-/m0/s1. The normalized spacial score (nSPS) is 12.0. The fourth-order valence-electron chi connectivity index (χ4n) is 1.96. The zero-order valence-electron chi connectivity index (χ0n) is 15.4. The van der Waals surface area contributed by atoms with Gasteiger partial charge in [-0.05, 0) is 11.1 Å². The molecule has 0 aliphatic carbocycles. The average molecular weight is 373 g/mol. The summed E-state index contributed by atoms with van der Waals surface area (Å²) in [5.41, 5.74) is 7.41. The molecule has 0 unspecified atom stereocenters. The van der Waals surface area contributed by atoms with E-state index in [1.165, 1.54) is 0 Å². The van der Waals surface area contributed by atoms with Crippen LogP contribution in [0.25, 0.3) is 0 Å². The van der Waals surface area contributed by atoms with Crippen LogP contribution in [-0.4, -0.2) is 44.3 Å². The third-order valence-electron chi connectivity index (χ3n) is 3.43. The third-order valence-corrected chi connectivity index (χ3v) is 3.43. The molecule has 0 aliphatic rings. The first-order valence-corrected chi connectivity index (χ1v) is 8.58. The van der Waals surface area contributed by atoms with Crippen molar-refractivity contribution in [3.8, 4) is 0 Å². The number of carbonyl (C=O) groups excluding carboxylic acids is 2. The number of allylic oxidation sites excluding steroid dienone is 2. The molecule has 0 spiro atoms. The number of hydrogen-bond donors (Lipinski definition) is 3. The molecule has 0 saturated carbocycles. The fourth-order valence-corrected chi connectivity index (χ4v) is 1.96. The van der Waals surface area contributed by atoms with Crippen molar-refractivity contribution in [2.24, 2.45) is 5.73 Å². The highest BCUT2D eigenvalue weighted by atomic mass is 16.5. The second-order valence-corrected chi connectivity index (χ2v) is 5.59. The first kappa shape index (κ1) is 22.1. The SMILES string of the molecule is C=C/C=C(\C=C)COC(=O)[C@@H](N)CNCCNC(=O)OCc1ccccc1. The molecular weight excluding hydrogens is 346 g/mol. The molecule has 0 aromatic heterocycles. The Labute approximate surface area is 159 Å². The molecule has 7 nitrogen and oxygen atoms in total.